The summed E-state index contributed by atoms with van der Waals surface area (Å²) in [5.74, 6) is 0. The zero-order chi connectivity index (χ0) is 8.39. The van der Waals surface area contributed by atoms with E-state index in [1.54, 1.807) is 10.7 Å². The van der Waals surface area contributed by atoms with E-state index in [0.29, 0.717) is 6.54 Å². The van der Waals surface area contributed by atoms with Gasteiger partial charge in [-0.05, 0) is 12.1 Å². The lowest BCUT2D eigenvalue weighted by atomic mass is 10.3. The molecule has 0 fully saturated rings. The van der Waals surface area contributed by atoms with Crippen LogP contribution in [0.1, 0.15) is 5.56 Å². The predicted octanol–water partition coefficient (Wildman–Crippen LogP) is 0.813. The number of aromatic nitrogens is 2. The smallest absolute Gasteiger partial charge is 0.0707 e. The first-order valence-electron chi connectivity index (χ1n) is 3.70. The maximum Gasteiger partial charge on any atom is 0.0707 e. The van der Waals surface area contributed by atoms with Gasteiger partial charge in [0.05, 0.1) is 11.7 Å². The van der Waals surface area contributed by atoms with Crippen molar-refractivity contribution in [3.8, 4) is 0 Å². The average molecular weight is 163 g/mol. The molecule has 2 heterocycles. The highest BCUT2D eigenvalue weighted by atomic mass is 16.5. The fourth-order valence-electron chi connectivity index (χ4n) is 1.21. The molecule has 0 amide bonds. The van der Waals surface area contributed by atoms with Gasteiger partial charge >= 0.3 is 0 Å². The minimum absolute atomic E-state index is 0.424. The van der Waals surface area contributed by atoms with E-state index < -0.39 is 0 Å². The largest absolute Gasteiger partial charge is 0.316 e. The summed E-state index contributed by atoms with van der Waals surface area (Å²) >= 11 is 0. The van der Waals surface area contributed by atoms with Crippen LogP contribution in [0.2, 0.25) is 0 Å². The molecule has 0 spiro atoms. The molecule has 62 valence electrons. The first kappa shape index (κ1) is 7.27. The third-order valence-electron chi connectivity index (χ3n) is 1.78. The van der Waals surface area contributed by atoms with Gasteiger partial charge in [0.25, 0.3) is 0 Å². The quantitative estimate of drug-likeness (QED) is 0.644. The molecule has 0 saturated heterocycles. The molecule has 2 aromatic rings. The number of nitrogens with one attached hydrogen (secondary N) is 1. The lowest BCUT2D eigenvalue weighted by molar-refractivity contribution is 0.161. The minimum atomic E-state index is 0.424. The molecule has 0 aliphatic carbocycles. The zero-order valence-corrected chi connectivity index (χ0v) is 6.44. The van der Waals surface area contributed by atoms with Crippen LogP contribution in [0.5, 0.6) is 0 Å². The van der Waals surface area contributed by atoms with Crippen LogP contribution in [0.3, 0.4) is 0 Å². The Morgan fingerprint density at radius 1 is 1.50 bits per heavy atom. The Labute approximate surface area is 69.4 Å². The van der Waals surface area contributed by atoms with Gasteiger partial charge < -0.3 is 5.21 Å². The maximum atomic E-state index is 8.51. The molecule has 0 saturated carbocycles. The lowest BCUT2D eigenvalue weighted by Gasteiger charge is -1.95. The first-order chi connectivity index (χ1) is 5.92. The van der Waals surface area contributed by atoms with Gasteiger partial charge in [0.2, 0.25) is 0 Å². The van der Waals surface area contributed by atoms with Crippen molar-refractivity contribution in [2.45, 2.75) is 6.54 Å². The molecule has 0 aliphatic heterocycles. The van der Waals surface area contributed by atoms with E-state index in [1.807, 2.05) is 24.4 Å². The summed E-state index contributed by atoms with van der Waals surface area (Å²) in [4.78, 5) is 0. The Morgan fingerprint density at radius 2 is 2.42 bits per heavy atom. The SMILES string of the molecule is ONCc1cnn2ccccc12. The molecule has 0 radical (unpaired) electrons. The molecule has 2 aromatic heterocycles. The molecule has 0 aromatic carbocycles. The van der Waals surface area contributed by atoms with Gasteiger partial charge in [-0.15, -0.1) is 0 Å². The van der Waals surface area contributed by atoms with Crippen molar-refractivity contribution in [1.29, 1.82) is 0 Å². The third-order valence-corrected chi connectivity index (χ3v) is 1.78. The van der Waals surface area contributed by atoms with E-state index in [9.17, 15) is 0 Å². The predicted molar refractivity (Wildman–Crippen MR) is 43.8 cm³/mol. The fraction of sp³-hybridized carbons (Fsp3) is 0.125. The summed E-state index contributed by atoms with van der Waals surface area (Å²) in [6, 6.07) is 5.81. The summed E-state index contributed by atoms with van der Waals surface area (Å²) < 4.78 is 1.77. The number of rotatable bonds is 2. The van der Waals surface area contributed by atoms with Gasteiger partial charge in [-0.1, -0.05) is 6.07 Å². The fourth-order valence-corrected chi connectivity index (χ4v) is 1.21. The van der Waals surface area contributed by atoms with Crippen molar-refractivity contribution in [2.24, 2.45) is 0 Å². The minimum Gasteiger partial charge on any atom is -0.316 e. The molecule has 12 heavy (non-hydrogen) atoms. The van der Waals surface area contributed by atoms with Crippen molar-refractivity contribution in [3.63, 3.8) is 0 Å². The zero-order valence-electron chi connectivity index (χ0n) is 6.44. The molecule has 0 aliphatic rings. The Bertz CT molecular complexity index is 382. The monoisotopic (exact) mass is 163 g/mol. The molecule has 4 nitrogen and oxygen atoms in total. The molecule has 0 unspecified atom stereocenters. The van der Waals surface area contributed by atoms with Gasteiger partial charge in [0, 0.05) is 18.3 Å². The van der Waals surface area contributed by atoms with Crippen LogP contribution in [0.25, 0.3) is 5.52 Å². The van der Waals surface area contributed by atoms with E-state index in [2.05, 4.69) is 10.6 Å². The van der Waals surface area contributed by atoms with Gasteiger partial charge in [-0.2, -0.15) is 5.10 Å². The van der Waals surface area contributed by atoms with Crippen LogP contribution < -0.4 is 5.48 Å². The third kappa shape index (κ3) is 1.07. The van der Waals surface area contributed by atoms with Crippen molar-refractivity contribution in [2.75, 3.05) is 0 Å². The summed E-state index contributed by atoms with van der Waals surface area (Å²) in [7, 11) is 0. The van der Waals surface area contributed by atoms with Crippen LogP contribution in [0.15, 0.2) is 30.6 Å². The standard InChI is InChI=1S/C8H9N3O/c12-10-6-7-5-9-11-4-2-1-3-8(7)11/h1-5,10,12H,6H2. The number of pyridine rings is 1. The number of hydrogen-bond acceptors (Lipinski definition) is 3. The second kappa shape index (κ2) is 2.92. The van der Waals surface area contributed by atoms with Crippen LogP contribution in [0, 0.1) is 0 Å². The van der Waals surface area contributed by atoms with E-state index in [4.69, 9.17) is 5.21 Å². The van der Waals surface area contributed by atoms with Gasteiger partial charge in [-0.25, -0.2) is 10.00 Å². The van der Waals surface area contributed by atoms with Crippen molar-refractivity contribution < 1.29 is 5.21 Å². The van der Waals surface area contributed by atoms with E-state index >= 15 is 0 Å². The first-order valence-corrected chi connectivity index (χ1v) is 3.70. The number of fused-ring (bicyclic) bond motifs is 1. The van der Waals surface area contributed by atoms with E-state index in [1.165, 1.54) is 0 Å². The average Bonchev–Trinajstić information content (AvgIpc) is 2.50. The lowest BCUT2D eigenvalue weighted by Crippen LogP contribution is -2.05. The second-order valence-corrected chi connectivity index (χ2v) is 2.54. The summed E-state index contributed by atoms with van der Waals surface area (Å²) in [5.41, 5.74) is 4.11. The molecular formula is C8H9N3O. The van der Waals surface area contributed by atoms with Crippen LogP contribution in [-0.2, 0) is 6.54 Å². The maximum absolute atomic E-state index is 8.51. The summed E-state index contributed by atoms with van der Waals surface area (Å²) in [5, 5.41) is 12.6. The van der Waals surface area contributed by atoms with E-state index in [-0.39, 0.29) is 0 Å². The molecule has 4 heteroatoms. The number of nitrogens with zero attached hydrogens (tertiary/aromatic N) is 2. The van der Waals surface area contributed by atoms with E-state index in [0.717, 1.165) is 11.1 Å². The molecular weight excluding hydrogens is 154 g/mol. The van der Waals surface area contributed by atoms with Crippen molar-refractivity contribution in [3.05, 3.63) is 36.2 Å². The second-order valence-electron chi connectivity index (χ2n) is 2.54. The number of hydroxylamine groups is 1. The van der Waals surface area contributed by atoms with Crippen molar-refractivity contribution >= 4 is 5.52 Å². The van der Waals surface area contributed by atoms with Crippen LogP contribution in [-0.4, -0.2) is 14.8 Å². The highest BCUT2D eigenvalue weighted by molar-refractivity contribution is 5.53. The molecule has 0 bridgehead atoms. The normalized spacial score (nSPS) is 10.8. The Morgan fingerprint density at radius 3 is 3.25 bits per heavy atom. The summed E-state index contributed by atoms with van der Waals surface area (Å²) in [6.07, 6.45) is 3.61. The summed E-state index contributed by atoms with van der Waals surface area (Å²) in [6.45, 7) is 0.424. The highest BCUT2D eigenvalue weighted by Gasteiger charge is 2.00. The van der Waals surface area contributed by atoms with Crippen LogP contribution >= 0.6 is 0 Å². The molecule has 2 rings (SSSR count). The Balaban J connectivity index is 2.55. The Hall–Kier alpha value is -1.39. The molecule has 0 atom stereocenters. The molecule has 2 N–H and O–H groups in total. The van der Waals surface area contributed by atoms with Gasteiger partial charge in [0.1, 0.15) is 0 Å². The van der Waals surface area contributed by atoms with Gasteiger partial charge in [-0.3, -0.25) is 0 Å². The topological polar surface area (TPSA) is 49.6 Å². The van der Waals surface area contributed by atoms with Gasteiger partial charge in [0.15, 0.2) is 0 Å². The number of hydrogen-bond donors (Lipinski definition) is 2. The highest BCUT2D eigenvalue weighted by Crippen LogP contribution is 2.08. The Kier molecular flexibility index (Phi) is 1.77. The van der Waals surface area contributed by atoms with Crippen LogP contribution in [0.4, 0.5) is 0 Å². The van der Waals surface area contributed by atoms with Crippen molar-refractivity contribution in [1.82, 2.24) is 15.1 Å².